The van der Waals surface area contributed by atoms with E-state index in [4.69, 9.17) is 0 Å². The van der Waals surface area contributed by atoms with Crippen molar-refractivity contribution in [3.8, 4) is 0 Å². The van der Waals surface area contributed by atoms with Crippen LogP contribution in [0.5, 0.6) is 0 Å². The number of nitrogens with zero attached hydrogens (tertiary/aromatic N) is 6. The van der Waals surface area contributed by atoms with Gasteiger partial charge >= 0.3 is 0 Å². The third kappa shape index (κ3) is 2.98. The van der Waals surface area contributed by atoms with Crippen LogP contribution in [0.25, 0.3) is 0 Å². The summed E-state index contributed by atoms with van der Waals surface area (Å²) in [5.41, 5.74) is 0.999. The number of likely N-dealkylation sites (N-methyl/N-ethyl adjacent to an activating group) is 1. The molecule has 0 saturated heterocycles. The highest BCUT2D eigenvalue weighted by Crippen LogP contribution is 2.18. The number of fused-ring (bicyclic) bond motifs is 1. The predicted molar refractivity (Wildman–Crippen MR) is 85.8 cm³/mol. The molecule has 1 unspecified atom stereocenters. The molecule has 23 heavy (non-hydrogen) atoms. The molecule has 124 valence electrons. The average molecular weight is 317 g/mol. The van der Waals surface area contributed by atoms with E-state index in [1.807, 2.05) is 36.6 Å². The van der Waals surface area contributed by atoms with Gasteiger partial charge in [-0.25, -0.2) is 0 Å². The topological polar surface area (TPSA) is 80.9 Å². The van der Waals surface area contributed by atoms with Crippen LogP contribution in [0.1, 0.15) is 30.7 Å². The molecule has 8 heteroatoms. The van der Waals surface area contributed by atoms with Crippen molar-refractivity contribution in [2.45, 2.75) is 45.8 Å². The molecule has 0 spiro atoms. The van der Waals surface area contributed by atoms with Crippen LogP contribution in [0.3, 0.4) is 0 Å². The van der Waals surface area contributed by atoms with Crippen LogP contribution in [0.2, 0.25) is 0 Å². The van der Waals surface area contributed by atoms with E-state index < -0.39 is 0 Å². The first-order valence-electron chi connectivity index (χ1n) is 7.92. The zero-order valence-corrected chi connectivity index (χ0v) is 14.1. The van der Waals surface area contributed by atoms with Crippen LogP contribution in [-0.4, -0.2) is 48.4 Å². The normalized spacial score (nSPS) is 18.0. The van der Waals surface area contributed by atoms with Crippen LogP contribution < -0.4 is 5.32 Å². The molecule has 2 aromatic heterocycles. The predicted octanol–water partition coefficient (Wildman–Crippen LogP) is 0.725. The third-order valence-corrected chi connectivity index (χ3v) is 4.28. The molecule has 3 heterocycles. The van der Waals surface area contributed by atoms with Gasteiger partial charge in [-0.1, -0.05) is 13.3 Å². The number of amides is 1. The highest BCUT2D eigenvalue weighted by molar-refractivity contribution is 5.94. The maximum Gasteiger partial charge on any atom is 0.244 e. The molecule has 8 nitrogen and oxygen atoms in total. The summed E-state index contributed by atoms with van der Waals surface area (Å²) in [5, 5.41) is 15.7. The minimum absolute atomic E-state index is 0.0303. The molecule has 0 fully saturated rings. The van der Waals surface area contributed by atoms with Crippen molar-refractivity contribution in [1.29, 1.82) is 0 Å². The fourth-order valence-electron chi connectivity index (χ4n) is 2.94. The first kappa shape index (κ1) is 15.7. The highest BCUT2D eigenvalue weighted by atomic mass is 16.2. The van der Waals surface area contributed by atoms with Gasteiger partial charge in [-0.05, 0) is 20.4 Å². The van der Waals surface area contributed by atoms with Crippen LogP contribution in [0.4, 0.5) is 5.82 Å². The van der Waals surface area contributed by atoms with Crippen LogP contribution in [0, 0.1) is 6.92 Å². The first-order chi connectivity index (χ1) is 11.0. The lowest BCUT2D eigenvalue weighted by Crippen LogP contribution is -2.48. The Bertz CT molecular complexity index is 717. The van der Waals surface area contributed by atoms with Crippen molar-refractivity contribution in [3.05, 3.63) is 23.4 Å². The molecule has 1 aliphatic heterocycles. The number of aromatic nitrogens is 5. The maximum atomic E-state index is 12.7. The Labute approximate surface area is 135 Å². The Morgan fingerprint density at radius 2 is 2.17 bits per heavy atom. The Hall–Kier alpha value is -2.22. The number of anilines is 1. The first-order valence-corrected chi connectivity index (χ1v) is 7.92. The Kier molecular flexibility index (Phi) is 4.16. The molecule has 2 aromatic rings. The zero-order chi connectivity index (χ0) is 16.6. The van der Waals surface area contributed by atoms with Crippen molar-refractivity contribution in [3.63, 3.8) is 0 Å². The molecule has 0 aromatic carbocycles. The summed E-state index contributed by atoms with van der Waals surface area (Å²) < 4.78 is 3.73. The smallest absolute Gasteiger partial charge is 0.244 e. The second-order valence-electron chi connectivity index (χ2n) is 6.09. The van der Waals surface area contributed by atoms with Gasteiger partial charge in [-0.15, -0.1) is 10.2 Å². The van der Waals surface area contributed by atoms with Gasteiger partial charge in [0.05, 0.1) is 18.8 Å². The van der Waals surface area contributed by atoms with Gasteiger partial charge in [0.2, 0.25) is 5.91 Å². The molecule has 1 atom stereocenters. The van der Waals surface area contributed by atoms with E-state index in [1.54, 1.807) is 4.68 Å². The third-order valence-electron chi connectivity index (χ3n) is 4.28. The number of nitrogens with one attached hydrogen (secondary N) is 1. The van der Waals surface area contributed by atoms with Gasteiger partial charge in [0.15, 0.2) is 0 Å². The molecule has 1 aliphatic rings. The zero-order valence-electron chi connectivity index (χ0n) is 14.1. The Morgan fingerprint density at radius 3 is 2.91 bits per heavy atom. The number of hydrogen-bond donors (Lipinski definition) is 1. The SMILES string of the molecule is CCCc1cc(NC(=O)C2Cn3c(C)nnc3CN2C)n(C)n1. The van der Waals surface area contributed by atoms with Crippen molar-refractivity contribution in [2.75, 3.05) is 12.4 Å². The summed E-state index contributed by atoms with van der Waals surface area (Å²) in [4.78, 5) is 14.7. The van der Waals surface area contributed by atoms with E-state index in [9.17, 15) is 4.79 Å². The second kappa shape index (κ2) is 6.11. The summed E-state index contributed by atoms with van der Waals surface area (Å²) in [7, 11) is 3.78. The standard InChI is InChI=1S/C15H23N7O/c1-5-6-11-7-13(21(4)19-11)16-15(23)12-8-22-10(2)17-18-14(22)9-20(12)3/h7,12H,5-6,8-9H2,1-4H3,(H,16,23). The molecule has 0 aliphatic carbocycles. The van der Waals surface area contributed by atoms with Gasteiger partial charge in [0, 0.05) is 13.1 Å². The summed E-state index contributed by atoms with van der Waals surface area (Å²) in [5.74, 6) is 2.45. The molecular formula is C15H23N7O. The monoisotopic (exact) mass is 317 g/mol. The molecule has 1 N–H and O–H groups in total. The lowest BCUT2D eigenvalue weighted by atomic mass is 10.2. The largest absolute Gasteiger partial charge is 0.312 e. The maximum absolute atomic E-state index is 12.7. The van der Waals surface area contributed by atoms with Crippen LogP contribution in [0.15, 0.2) is 6.07 Å². The summed E-state index contributed by atoms with van der Waals surface area (Å²) in [6.07, 6.45) is 1.95. The minimum atomic E-state index is -0.248. The van der Waals surface area contributed by atoms with Crippen molar-refractivity contribution in [1.82, 2.24) is 29.4 Å². The molecule has 0 saturated carbocycles. The van der Waals surface area contributed by atoms with Gasteiger partial charge in [-0.3, -0.25) is 14.4 Å². The number of aryl methyl sites for hydroxylation is 3. The quantitative estimate of drug-likeness (QED) is 0.899. The number of carbonyl (C=O) groups is 1. The second-order valence-corrected chi connectivity index (χ2v) is 6.09. The van der Waals surface area contributed by atoms with Gasteiger partial charge in [-0.2, -0.15) is 5.10 Å². The van der Waals surface area contributed by atoms with E-state index in [0.717, 1.165) is 36.0 Å². The minimum Gasteiger partial charge on any atom is -0.312 e. The lowest BCUT2D eigenvalue weighted by molar-refractivity contribution is -0.122. The Morgan fingerprint density at radius 1 is 1.39 bits per heavy atom. The van der Waals surface area contributed by atoms with Gasteiger partial charge < -0.3 is 9.88 Å². The van der Waals surface area contributed by atoms with E-state index in [-0.39, 0.29) is 11.9 Å². The summed E-state index contributed by atoms with van der Waals surface area (Å²) >= 11 is 0. The van der Waals surface area contributed by atoms with Crippen molar-refractivity contribution >= 4 is 11.7 Å². The van der Waals surface area contributed by atoms with E-state index in [1.165, 1.54) is 0 Å². The summed E-state index contributed by atoms with van der Waals surface area (Å²) in [6, 6.07) is 1.70. The lowest BCUT2D eigenvalue weighted by Gasteiger charge is -2.32. The van der Waals surface area contributed by atoms with Crippen molar-refractivity contribution < 1.29 is 4.79 Å². The molecular weight excluding hydrogens is 294 g/mol. The molecule has 3 rings (SSSR count). The molecule has 0 radical (unpaired) electrons. The van der Waals surface area contributed by atoms with E-state index in [2.05, 4.69) is 27.5 Å². The number of carbonyl (C=O) groups excluding carboxylic acids is 1. The van der Waals surface area contributed by atoms with Crippen LogP contribution in [-0.2, 0) is 31.4 Å². The molecule has 1 amide bonds. The summed E-state index contributed by atoms with van der Waals surface area (Å²) in [6.45, 7) is 5.21. The number of rotatable bonds is 4. The van der Waals surface area contributed by atoms with Crippen LogP contribution >= 0.6 is 0 Å². The number of hydrogen-bond acceptors (Lipinski definition) is 5. The van der Waals surface area contributed by atoms with Gasteiger partial charge in [0.25, 0.3) is 0 Å². The molecule has 0 bridgehead atoms. The van der Waals surface area contributed by atoms with Crippen molar-refractivity contribution in [2.24, 2.45) is 7.05 Å². The Balaban J connectivity index is 1.74. The van der Waals surface area contributed by atoms with E-state index in [0.29, 0.717) is 13.1 Å². The highest BCUT2D eigenvalue weighted by Gasteiger charge is 2.31. The fourth-order valence-corrected chi connectivity index (χ4v) is 2.94. The van der Waals surface area contributed by atoms with E-state index >= 15 is 0 Å². The fraction of sp³-hybridized carbons (Fsp3) is 0.600. The average Bonchev–Trinajstić information content (AvgIpc) is 3.02. The van der Waals surface area contributed by atoms with Gasteiger partial charge in [0.1, 0.15) is 23.5 Å².